The molecule has 0 bridgehead atoms. The summed E-state index contributed by atoms with van der Waals surface area (Å²) in [6.07, 6.45) is 2.17. The zero-order valence-corrected chi connectivity index (χ0v) is 11.3. The van der Waals surface area contributed by atoms with Crippen molar-refractivity contribution in [2.75, 3.05) is 20.2 Å². The van der Waals surface area contributed by atoms with Gasteiger partial charge < -0.3 is 5.11 Å². The van der Waals surface area contributed by atoms with Gasteiger partial charge in [0.1, 0.15) is 0 Å². The summed E-state index contributed by atoms with van der Waals surface area (Å²) in [5.74, 6) is 0. The first-order valence-corrected chi connectivity index (χ1v) is 6.70. The number of nitrogens with zero attached hydrogens (tertiary/aromatic N) is 2. The van der Waals surface area contributed by atoms with E-state index in [-0.39, 0.29) is 12.0 Å². The van der Waals surface area contributed by atoms with Gasteiger partial charge >= 0.3 is 0 Å². The Morgan fingerprint density at radius 3 is 2.81 bits per heavy atom. The predicted molar refractivity (Wildman–Crippen MR) is 68.5 cm³/mol. The Kier molecular flexibility index (Phi) is 5.38. The van der Waals surface area contributed by atoms with Crippen molar-refractivity contribution in [1.82, 2.24) is 9.88 Å². The molecule has 1 atom stereocenters. The quantitative estimate of drug-likeness (QED) is 0.797. The maximum absolute atomic E-state index is 9.45. The molecule has 0 amide bonds. The lowest BCUT2D eigenvalue weighted by atomic mass is 9.86. The van der Waals surface area contributed by atoms with Crippen LogP contribution in [0, 0.1) is 5.41 Å². The molecule has 0 radical (unpaired) electrons. The Morgan fingerprint density at radius 1 is 1.56 bits per heavy atom. The van der Waals surface area contributed by atoms with Crippen LogP contribution in [-0.2, 0) is 6.54 Å². The van der Waals surface area contributed by atoms with Gasteiger partial charge in [0.25, 0.3) is 0 Å². The van der Waals surface area contributed by atoms with Crippen LogP contribution in [0.2, 0.25) is 0 Å². The van der Waals surface area contributed by atoms with Gasteiger partial charge in [0, 0.05) is 30.5 Å². The van der Waals surface area contributed by atoms with Crippen molar-refractivity contribution in [2.24, 2.45) is 5.41 Å². The maximum Gasteiger partial charge on any atom is 0.0795 e. The largest absolute Gasteiger partial charge is 0.396 e. The van der Waals surface area contributed by atoms with Crippen LogP contribution in [0.25, 0.3) is 0 Å². The van der Waals surface area contributed by atoms with E-state index in [1.807, 2.05) is 5.51 Å². The standard InChI is InChI=1S/C12H22N2OS/c1-4-5-12(2,9-15)8-14(3)6-11-7-16-10-13-11/h7,10,15H,4-6,8-9H2,1-3H3. The molecule has 1 aromatic heterocycles. The monoisotopic (exact) mass is 242 g/mol. The van der Waals surface area contributed by atoms with E-state index < -0.39 is 0 Å². The molecule has 0 aliphatic heterocycles. The SMILES string of the molecule is CCCC(C)(CO)CN(C)Cc1cscn1. The van der Waals surface area contributed by atoms with E-state index in [9.17, 15) is 5.11 Å². The molecule has 0 saturated heterocycles. The second-order valence-electron chi connectivity index (χ2n) is 4.87. The van der Waals surface area contributed by atoms with E-state index in [0.29, 0.717) is 0 Å². The molecule has 0 aliphatic rings. The maximum atomic E-state index is 9.45. The highest BCUT2D eigenvalue weighted by atomic mass is 32.1. The number of aliphatic hydroxyl groups excluding tert-OH is 1. The average Bonchev–Trinajstić information content (AvgIpc) is 2.70. The van der Waals surface area contributed by atoms with Gasteiger partial charge in [0.2, 0.25) is 0 Å². The van der Waals surface area contributed by atoms with Gasteiger partial charge in [-0.3, -0.25) is 4.90 Å². The Bertz CT molecular complexity index is 289. The van der Waals surface area contributed by atoms with Crippen LogP contribution < -0.4 is 0 Å². The first-order valence-electron chi connectivity index (χ1n) is 5.76. The number of thiazole rings is 1. The highest BCUT2D eigenvalue weighted by Gasteiger charge is 2.24. The Morgan fingerprint density at radius 2 is 2.31 bits per heavy atom. The van der Waals surface area contributed by atoms with Crippen molar-refractivity contribution in [2.45, 2.75) is 33.2 Å². The van der Waals surface area contributed by atoms with Gasteiger partial charge in [-0.2, -0.15) is 0 Å². The summed E-state index contributed by atoms with van der Waals surface area (Å²) in [5, 5.41) is 11.5. The van der Waals surface area contributed by atoms with Crippen LogP contribution >= 0.6 is 11.3 Å². The van der Waals surface area contributed by atoms with E-state index in [1.165, 1.54) is 0 Å². The molecule has 1 aromatic rings. The van der Waals surface area contributed by atoms with E-state index in [4.69, 9.17) is 0 Å². The highest BCUT2D eigenvalue weighted by Crippen LogP contribution is 2.24. The van der Waals surface area contributed by atoms with Crippen LogP contribution in [0.15, 0.2) is 10.9 Å². The molecule has 0 saturated carbocycles. The van der Waals surface area contributed by atoms with E-state index >= 15 is 0 Å². The summed E-state index contributed by atoms with van der Waals surface area (Å²) in [6.45, 7) is 6.34. The number of rotatable bonds is 7. The highest BCUT2D eigenvalue weighted by molar-refractivity contribution is 7.07. The van der Waals surface area contributed by atoms with Gasteiger partial charge in [-0.15, -0.1) is 11.3 Å². The van der Waals surface area contributed by atoms with Crippen molar-refractivity contribution in [1.29, 1.82) is 0 Å². The van der Waals surface area contributed by atoms with Crippen LogP contribution in [0.3, 0.4) is 0 Å². The zero-order chi connectivity index (χ0) is 12.0. The van der Waals surface area contributed by atoms with Gasteiger partial charge in [0.15, 0.2) is 0 Å². The molecule has 0 aromatic carbocycles. The Labute approximate surface area is 102 Å². The van der Waals surface area contributed by atoms with Gasteiger partial charge in [0.05, 0.1) is 11.2 Å². The molecule has 0 fully saturated rings. The summed E-state index contributed by atoms with van der Waals surface area (Å²) in [6, 6.07) is 0. The average molecular weight is 242 g/mol. The topological polar surface area (TPSA) is 36.4 Å². The molecule has 1 unspecified atom stereocenters. The molecular weight excluding hydrogens is 220 g/mol. The van der Waals surface area contributed by atoms with Crippen LogP contribution in [0.5, 0.6) is 0 Å². The molecule has 4 heteroatoms. The molecule has 16 heavy (non-hydrogen) atoms. The molecule has 3 nitrogen and oxygen atoms in total. The normalized spacial score (nSPS) is 15.3. The molecule has 1 N–H and O–H groups in total. The third-order valence-electron chi connectivity index (χ3n) is 2.80. The number of aliphatic hydroxyl groups is 1. The lowest BCUT2D eigenvalue weighted by Crippen LogP contribution is -2.35. The summed E-state index contributed by atoms with van der Waals surface area (Å²) in [5.41, 5.74) is 2.99. The third-order valence-corrected chi connectivity index (χ3v) is 3.44. The summed E-state index contributed by atoms with van der Waals surface area (Å²) < 4.78 is 0. The van der Waals surface area contributed by atoms with Crippen LogP contribution in [0.4, 0.5) is 0 Å². The molecular formula is C12H22N2OS. The number of hydrogen-bond acceptors (Lipinski definition) is 4. The Balaban J connectivity index is 2.45. The van der Waals surface area contributed by atoms with Crippen molar-refractivity contribution < 1.29 is 5.11 Å². The first kappa shape index (κ1) is 13.6. The fraction of sp³-hybridized carbons (Fsp3) is 0.750. The van der Waals surface area contributed by atoms with Crippen LogP contribution in [0.1, 0.15) is 32.4 Å². The van der Waals surface area contributed by atoms with E-state index in [0.717, 1.165) is 31.6 Å². The minimum absolute atomic E-state index is 0.0134. The van der Waals surface area contributed by atoms with Gasteiger partial charge in [-0.1, -0.05) is 20.3 Å². The molecule has 0 aliphatic carbocycles. The first-order chi connectivity index (χ1) is 7.59. The summed E-state index contributed by atoms with van der Waals surface area (Å²) in [7, 11) is 2.09. The lowest BCUT2D eigenvalue weighted by molar-refractivity contribution is 0.0874. The molecule has 1 heterocycles. The van der Waals surface area contributed by atoms with Crippen molar-refractivity contribution in [3.8, 4) is 0 Å². The van der Waals surface area contributed by atoms with Gasteiger partial charge in [-0.05, 0) is 13.5 Å². The second-order valence-corrected chi connectivity index (χ2v) is 5.59. The molecule has 92 valence electrons. The van der Waals surface area contributed by atoms with Gasteiger partial charge in [-0.25, -0.2) is 4.98 Å². The van der Waals surface area contributed by atoms with Crippen molar-refractivity contribution in [3.05, 3.63) is 16.6 Å². The number of hydrogen-bond donors (Lipinski definition) is 1. The zero-order valence-electron chi connectivity index (χ0n) is 10.4. The predicted octanol–water partition coefficient (Wildman–Crippen LogP) is 2.37. The van der Waals surface area contributed by atoms with Crippen LogP contribution in [-0.4, -0.2) is 35.2 Å². The summed E-state index contributed by atoms with van der Waals surface area (Å²) in [4.78, 5) is 6.51. The van der Waals surface area contributed by atoms with Crippen molar-refractivity contribution in [3.63, 3.8) is 0 Å². The lowest BCUT2D eigenvalue weighted by Gasteiger charge is -2.31. The van der Waals surface area contributed by atoms with E-state index in [1.54, 1.807) is 11.3 Å². The molecule has 0 spiro atoms. The second kappa shape index (κ2) is 6.33. The van der Waals surface area contributed by atoms with Crippen molar-refractivity contribution >= 4 is 11.3 Å². The Hall–Kier alpha value is -0.450. The summed E-state index contributed by atoms with van der Waals surface area (Å²) >= 11 is 1.63. The third kappa shape index (κ3) is 4.20. The minimum Gasteiger partial charge on any atom is -0.396 e. The fourth-order valence-electron chi connectivity index (χ4n) is 2.11. The van der Waals surface area contributed by atoms with E-state index in [2.05, 4.69) is 36.2 Å². The fourth-order valence-corrected chi connectivity index (χ4v) is 2.66. The molecule has 1 rings (SSSR count). The minimum atomic E-state index is 0.0134. The smallest absolute Gasteiger partial charge is 0.0795 e. The number of aromatic nitrogens is 1.